The van der Waals surface area contributed by atoms with E-state index < -0.39 is 0 Å². The van der Waals surface area contributed by atoms with Crippen molar-refractivity contribution in [2.45, 2.75) is 44.7 Å². The van der Waals surface area contributed by atoms with Crippen molar-refractivity contribution >= 4 is 45.8 Å². The number of amides is 2. The molecule has 152 valence electrons. The number of benzene rings is 2. The summed E-state index contributed by atoms with van der Waals surface area (Å²) in [6.07, 6.45) is 5.59. The highest BCUT2D eigenvalue weighted by molar-refractivity contribution is 6.42. The van der Waals surface area contributed by atoms with Crippen LogP contribution in [-0.4, -0.2) is 27.0 Å². The number of carbonyl (C=O) groups excluding carboxylic acids is 1. The molecule has 0 bridgehead atoms. The van der Waals surface area contributed by atoms with Gasteiger partial charge < -0.3 is 15.7 Å². The number of nitrogens with zero attached hydrogens (tertiary/aromatic N) is 2. The minimum absolute atomic E-state index is 0.0867. The van der Waals surface area contributed by atoms with E-state index in [9.17, 15) is 9.90 Å². The van der Waals surface area contributed by atoms with Crippen molar-refractivity contribution in [3.8, 4) is 5.88 Å². The van der Waals surface area contributed by atoms with Gasteiger partial charge in [0.25, 0.3) is 0 Å². The van der Waals surface area contributed by atoms with E-state index in [-0.39, 0.29) is 18.0 Å². The van der Waals surface area contributed by atoms with Crippen molar-refractivity contribution in [1.29, 1.82) is 0 Å². The Hall–Kier alpha value is -2.44. The first-order valence-corrected chi connectivity index (χ1v) is 10.5. The second kappa shape index (κ2) is 8.51. The Morgan fingerprint density at radius 1 is 1.10 bits per heavy atom. The Labute approximate surface area is 178 Å². The van der Waals surface area contributed by atoms with Crippen molar-refractivity contribution < 1.29 is 9.90 Å². The third-order valence-corrected chi connectivity index (χ3v) is 5.98. The lowest BCUT2D eigenvalue weighted by Crippen LogP contribution is -2.38. The molecule has 0 atom stereocenters. The Kier molecular flexibility index (Phi) is 5.83. The molecule has 1 heterocycles. The molecule has 4 rings (SSSR count). The Morgan fingerprint density at radius 2 is 1.90 bits per heavy atom. The molecule has 2 amide bonds. The van der Waals surface area contributed by atoms with Crippen LogP contribution in [0.15, 0.2) is 36.4 Å². The average Bonchev–Trinajstić information content (AvgIpc) is 3.00. The van der Waals surface area contributed by atoms with Gasteiger partial charge in [-0.2, -0.15) is 0 Å². The van der Waals surface area contributed by atoms with Gasteiger partial charge in [-0.15, -0.1) is 5.10 Å². The summed E-state index contributed by atoms with van der Waals surface area (Å²) >= 11 is 12.1. The summed E-state index contributed by atoms with van der Waals surface area (Å²) in [5.74, 6) is -0.0867. The Balaban J connectivity index is 1.50. The highest BCUT2D eigenvalue weighted by Crippen LogP contribution is 2.29. The van der Waals surface area contributed by atoms with E-state index in [4.69, 9.17) is 23.2 Å². The van der Waals surface area contributed by atoms with Gasteiger partial charge in [0.05, 0.1) is 27.5 Å². The summed E-state index contributed by atoms with van der Waals surface area (Å²) < 4.78 is 1.69. The van der Waals surface area contributed by atoms with Gasteiger partial charge in [0.2, 0.25) is 5.88 Å². The number of anilines is 1. The lowest BCUT2D eigenvalue weighted by molar-refractivity contribution is 0.244. The summed E-state index contributed by atoms with van der Waals surface area (Å²) in [7, 11) is 0. The predicted molar refractivity (Wildman–Crippen MR) is 116 cm³/mol. The summed E-state index contributed by atoms with van der Waals surface area (Å²) in [6.45, 7) is 0.433. The van der Waals surface area contributed by atoms with Crippen LogP contribution in [0, 0.1) is 0 Å². The van der Waals surface area contributed by atoms with Gasteiger partial charge in [-0.05, 0) is 48.7 Å². The summed E-state index contributed by atoms with van der Waals surface area (Å²) in [5.41, 5.74) is 2.28. The maximum Gasteiger partial charge on any atom is 0.319 e. The molecule has 0 spiro atoms. The number of aromatic hydroxyl groups is 1. The fraction of sp³-hybridized carbons (Fsp3) is 0.333. The summed E-state index contributed by atoms with van der Waals surface area (Å²) in [5, 5.41) is 21.9. The molecule has 1 aliphatic rings. The molecule has 6 nitrogen and oxygen atoms in total. The number of aromatic nitrogens is 2. The number of nitrogens with one attached hydrogen (secondary N) is 2. The molecule has 3 N–H and O–H groups in total. The number of fused-ring (bicyclic) bond motifs is 1. The van der Waals surface area contributed by atoms with Gasteiger partial charge in [0.1, 0.15) is 0 Å². The number of hydrogen-bond donors (Lipinski definition) is 3. The van der Waals surface area contributed by atoms with Gasteiger partial charge in [0, 0.05) is 11.7 Å². The fourth-order valence-corrected chi connectivity index (χ4v) is 4.09. The van der Waals surface area contributed by atoms with Crippen molar-refractivity contribution in [2.24, 2.45) is 0 Å². The Bertz CT molecular complexity index is 1040. The molecule has 2 aromatic carbocycles. The number of urea groups is 1. The standard InChI is InChI=1S/C21H22Cl2N4O2/c22-17-8-6-13(10-18(17)23)12-27-19-9-7-15(11-16(19)20(28)26-27)25-21(29)24-14-4-2-1-3-5-14/h6-11,14H,1-5,12H2,(H,26,28)(H2,24,25,29). The van der Waals surface area contributed by atoms with Gasteiger partial charge >= 0.3 is 6.03 Å². The molecule has 0 unspecified atom stereocenters. The first kappa shape index (κ1) is 19.9. The average molecular weight is 433 g/mol. The first-order valence-electron chi connectivity index (χ1n) is 9.70. The normalized spacial score (nSPS) is 14.8. The number of rotatable bonds is 4. The molecule has 1 fully saturated rings. The molecule has 0 radical (unpaired) electrons. The van der Waals surface area contributed by atoms with Crippen LogP contribution in [0.2, 0.25) is 10.0 Å². The van der Waals surface area contributed by atoms with Crippen molar-refractivity contribution in [3.63, 3.8) is 0 Å². The Morgan fingerprint density at radius 3 is 2.66 bits per heavy atom. The van der Waals surface area contributed by atoms with Crippen LogP contribution in [0.3, 0.4) is 0 Å². The van der Waals surface area contributed by atoms with Crippen LogP contribution in [0.25, 0.3) is 10.9 Å². The molecular weight excluding hydrogens is 411 g/mol. The lowest BCUT2D eigenvalue weighted by Gasteiger charge is -2.22. The summed E-state index contributed by atoms with van der Waals surface area (Å²) in [4.78, 5) is 12.3. The van der Waals surface area contributed by atoms with E-state index in [1.807, 2.05) is 12.1 Å². The smallest absolute Gasteiger partial charge is 0.319 e. The van der Waals surface area contributed by atoms with Crippen LogP contribution in [0.4, 0.5) is 10.5 Å². The molecule has 0 saturated heterocycles. The SMILES string of the molecule is O=C(Nc1ccc2c(c1)c(O)nn2Cc1ccc(Cl)c(Cl)c1)NC1CCCCC1. The van der Waals surface area contributed by atoms with Gasteiger partial charge in [-0.3, -0.25) is 4.68 Å². The minimum Gasteiger partial charge on any atom is -0.492 e. The molecule has 29 heavy (non-hydrogen) atoms. The van der Waals surface area contributed by atoms with Gasteiger partial charge in [0.15, 0.2) is 0 Å². The van der Waals surface area contributed by atoms with Crippen LogP contribution in [0.5, 0.6) is 5.88 Å². The lowest BCUT2D eigenvalue weighted by atomic mass is 9.96. The zero-order chi connectivity index (χ0) is 20.4. The van der Waals surface area contributed by atoms with E-state index in [1.165, 1.54) is 6.42 Å². The highest BCUT2D eigenvalue weighted by atomic mass is 35.5. The van der Waals surface area contributed by atoms with E-state index >= 15 is 0 Å². The number of halogens is 2. The van der Waals surface area contributed by atoms with Crippen LogP contribution >= 0.6 is 23.2 Å². The quantitative estimate of drug-likeness (QED) is 0.505. The zero-order valence-corrected chi connectivity index (χ0v) is 17.3. The molecule has 8 heteroatoms. The molecule has 3 aromatic rings. The highest BCUT2D eigenvalue weighted by Gasteiger charge is 2.16. The molecule has 0 aliphatic heterocycles. The van der Waals surface area contributed by atoms with E-state index in [0.29, 0.717) is 27.7 Å². The second-order valence-corrected chi connectivity index (χ2v) is 8.21. The number of hydrogen-bond acceptors (Lipinski definition) is 3. The topological polar surface area (TPSA) is 79.2 Å². The predicted octanol–water partition coefficient (Wildman–Crippen LogP) is 5.55. The molecule has 1 aromatic heterocycles. The third-order valence-electron chi connectivity index (χ3n) is 5.25. The van der Waals surface area contributed by atoms with E-state index in [2.05, 4.69) is 15.7 Å². The molecule has 1 aliphatic carbocycles. The second-order valence-electron chi connectivity index (χ2n) is 7.40. The minimum atomic E-state index is -0.223. The zero-order valence-electron chi connectivity index (χ0n) is 15.8. The fourth-order valence-electron chi connectivity index (χ4n) is 3.77. The van der Waals surface area contributed by atoms with Crippen molar-refractivity contribution in [2.75, 3.05) is 5.32 Å². The largest absolute Gasteiger partial charge is 0.492 e. The van der Waals surface area contributed by atoms with Crippen LogP contribution in [0.1, 0.15) is 37.7 Å². The van der Waals surface area contributed by atoms with E-state index in [1.54, 1.807) is 28.9 Å². The van der Waals surface area contributed by atoms with Crippen LogP contribution < -0.4 is 10.6 Å². The molecule has 1 saturated carbocycles. The van der Waals surface area contributed by atoms with Crippen LogP contribution in [-0.2, 0) is 6.54 Å². The van der Waals surface area contributed by atoms with Gasteiger partial charge in [-0.25, -0.2) is 4.79 Å². The van der Waals surface area contributed by atoms with Gasteiger partial charge in [-0.1, -0.05) is 48.5 Å². The van der Waals surface area contributed by atoms with Crippen molar-refractivity contribution in [3.05, 3.63) is 52.0 Å². The molecular formula is C21H22Cl2N4O2. The van der Waals surface area contributed by atoms with E-state index in [0.717, 1.165) is 36.8 Å². The third kappa shape index (κ3) is 4.60. The number of carbonyl (C=O) groups is 1. The monoisotopic (exact) mass is 432 g/mol. The van der Waals surface area contributed by atoms with Crippen molar-refractivity contribution in [1.82, 2.24) is 15.1 Å². The maximum absolute atomic E-state index is 12.3. The first-order chi connectivity index (χ1) is 14.0. The summed E-state index contributed by atoms with van der Waals surface area (Å²) in [6, 6.07) is 10.7. The maximum atomic E-state index is 12.3.